The molecule has 90 valence electrons. The summed E-state index contributed by atoms with van der Waals surface area (Å²) < 4.78 is 0. The number of phenols is 1. The molecule has 1 aliphatic rings. The summed E-state index contributed by atoms with van der Waals surface area (Å²) in [7, 11) is 0. The minimum Gasteiger partial charge on any atom is -0.508 e. The molecular formula is C12H14N2O3. The van der Waals surface area contributed by atoms with E-state index < -0.39 is 6.04 Å². The number of anilines is 1. The number of carbonyl (C=O) groups excluding carboxylic acids is 2. The third-order valence-electron chi connectivity index (χ3n) is 2.87. The lowest BCUT2D eigenvalue weighted by Gasteiger charge is -2.13. The first-order valence-corrected chi connectivity index (χ1v) is 5.47. The third-order valence-corrected chi connectivity index (χ3v) is 2.87. The third kappa shape index (κ3) is 2.38. The van der Waals surface area contributed by atoms with E-state index in [1.165, 1.54) is 0 Å². The van der Waals surface area contributed by atoms with Crippen molar-refractivity contribution < 1.29 is 14.7 Å². The first kappa shape index (κ1) is 11.4. The van der Waals surface area contributed by atoms with Gasteiger partial charge in [-0.3, -0.25) is 9.59 Å². The highest BCUT2D eigenvalue weighted by molar-refractivity contribution is 5.99. The van der Waals surface area contributed by atoms with E-state index in [1.54, 1.807) is 25.1 Å². The average molecular weight is 234 g/mol. The normalized spacial score (nSPS) is 18.9. The van der Waals surface area contributed by atoms with Crippen LogP contribution in [0.4, 0.5) is 5.69 Å². The lowest BCUT2D eigenvalue weighted by atomic mass is 10.1. The number of phenolic OH excluding ortho intramolecular Hbond substituents is 1. The smallest absolute Gasteiger partial charge is 0.246 e. The molecule has 2 amide bonds. The van der Waals surface area contributed by atoms with Crippen molar-refractivity contribution in [3.63, 3.8) is 0 Å². The minimum atomic E-state index is -0.468. The van der Waals surface area contributed by atoms with E-state index in [0.717, 1.165) is 0 Å². The largest absolute Gasteiger partial charge is 0.508 e. The molecule has 0 bridgehead atoms. The first-order chi connectivity index (χ1) is 8.08. The van der Waals surface area contributed by atoms with Crippen LogP contribution in [0, 0.1) is 6.92 Å². The number of amides is 2. The molecule has 0 saturated carbocycles. The summed E-state index contributed by atoms with van der Waals surface area (Å²) in [5, 5.41) is 14.8. The Hall–Kier alpha value is -2.04. The summed E-state index contributed by atoms with van der Waals surface area (Å²) in [6.07, 6.45) is 0.902. The molecule has 1 aromatic rings. The van der Waals surface area contributed by atoms with Gasteiger partial charge in [-0.15, -0.1) is 0 Å². The Bertz CT molecular complexity index is 471. The standard InChI is InChI=1S/C12H14N2O3/c1-7-8(3-2-4-10(7)15)14-12(17)9-5-6-11(16)13-9/h2-4,9,15H,5-6H2,1H3,(H,13,16)(H,14,17)/t9-/m0/s1. The van der Waals surface area contributed by atoms with E-state index >= 15 is 0 Å². The van der Waals surface area contributed by atoms with Crippen LogP contribution in [0.15, 0.2) is 18.2 Å². The van der Waals surface area contributed by atoms with Crippen molar-refractivity contribution in [1.82, 2.24) is 5.32 Å². The number of rotatable bonds is 2. The van der Waals surface area contributed by atoms with Crippen molar-refractivity contribution in [1.29, 1.82) is 0 Å². The van der Waals surface area contributed by atoms with Gasteiger partial charge in [-0.25, -0.2) is 0 Å². The lowest BCUT2D eigenvalue weighted by molar-refractivity contribution is -0.122. The van der Waals surface area contributed by atoms with Gasteiger partial charge in [0.1, 0.15) is 11.8 Å². The fourth-order valence-corrected chi connectivity index (χ4v) is 1.79. The number of hydrogen-bond donors (Lipinski definition) is 3. The molecule has 0 spiro atoms. The number of hydrogen-bond acceptors (Lipinski definition) is 3. The Morgan fingerprint density at radius 3 is 2.94 bits per heavy atom. The molecule has 0 unspecified atom stereocenters. The fraction of sp³-hybridized carbons (Fsp3) is 0.333. The molecule has 1 fully saturated rings. The van der Waals surface area contributed by atoms with Crippen molar-refractivity contribution in [3.05, 3.63) is 23.8 Å². The topological polar surface area (TPSA) is 78.4 Å². The van der Waals surface area contributed by atoms with Crippen LogP contribution in [0.5, 0.6) is 5.75 Å². The van der Waals surface area contributed by atoms with E-state index in [4.69, 9.17) is 0 Å². The SMILES string of the molecule is Cc1c(O)cccc1NC(=O)[C@@H]1CCC(=O)N1. The van der Waals surface area contributed by atoms with Crippen LogP contribution in [0.25, 0.3) is 0 Å². The van der Waals surface area contributed by atoms with Crippen LogP contribution >= 0.6 is 0 Å². The predicted molar refractivity (Wildman–Crippen MR) is 62.6 cm³/mol. The van der Waals surface area contributed by atoms with Crippen LogP contribution in [-0.4, -0.2) is 23.0 Å². The fourth-order valence-electron chi connectivity index (χ4n) is 1.79. The summed E-state index contributed by atoms with van der Waals surface area (Å²) in [5.41, 5.74) is 1.18. The monoisotopic (exact) mass is 234 g/mol. The second kappa shape index (κ2) is 4.45. The maximum Gasteiger partial charge on any atom is 0.246 e. The van der Waals surface area contributed by atoms with Crippen LogP contribution in [-0.2, 0) is 9.59 Å². The van der Waals surface area contributed by atoms with Crippen LogP contribution in [0.3, 0.4) is 0 Å². The average Bonchev–Trinajstić information content (AvgIpc) is 2.72. The summed E-state index contributed by atoms with van der Waals surface area (Å²) in [5.74, 6) is -0.208. The van der Waals surface area contributed by atoms with Crippen molar-refractivity contribution >= 4 is 17.5 Å². The summed E-state index contributed by atoms with van der Waals surface area (Å²) in [6, 6.07) is 4.46. The zero-order chi connectivity index (χ0) is 12.4. The van der Waals surface area contributed by atoms with Gasteiger partial charge in [-0.1, -0.05) is 6.07 Å². The Labute approximate surface area is 98.8 Å². The first-order valence-electron chi connectivity index (χ1n) is 5.47. The van der Waals surface area contributed by atoms with Crippen LogP contribution in [0.2, 0.25) is 0 Å². The maximum absolute atomic E-state index is 11.8. The zero-order valence-corrected chi connectivity index (χ0v) is 9.49. The molecule has 17 heavy (non-hydrogen) atoms. The molecular weight excluding hydrogens is 220 g/mol. The molecule has 2 rings (SSSR count). The minimum absolute atomic E-state index is 0.0993. The van der Waals surface area contributed by atoms with Gasteiger partial charge in [-0.2, -0.15) is 0 Å². The molecule has 0 radical (unpaired) electrons. The van der Waals surface area contributed by atoms with Gasteiger partial charge >= 0.3 is 0 Å². The van der Waals surface area contributed by atoms with Crippen molar-refractivity contribution in [3.8, 4) is 5.75 Å². The molecule has 1 saturated heterocycles. The van der Waals surface area contributed by atoms with Gasteiger partial charge in [0.15, 0.2) is 0 Å². The molecule has 3 N–H and O–H groups in total. The van der Waals surface area contributed by atoms with E-state index in [-0.39, 0.29) is 17.6 Å². The van der Waals surface area contributed by atoms with E-state index in [1.807, 2.05) is 0 Å². The number of nitrogens with one attached hydrogen (secondary N) is 2. The Kier molecular flexibility index (Phi) is 2.99. The summed E-state index contributed by atoms with van der Waals surface area (Å²) in [6.45, 7) is 1.72. The maximum atomic E-state index is 11.8. The van der Waals surface area contributed by atoms with Gasteiger partial charge < -0.3 is 15.7 Å². The Balaban J connectivity index is 2.08. The highest BCUT2D eigenvalue weighted by Gasteiger charge is 2.27. The van der Waals surface area contributed by atoms with E-state index in [0.29, 0.717) is 24.1 Å². The number of benzene rings is 1. The van der Waals surface area contributed by atoms with Crippen molar-refractivity contribution in [2.24, 2.45) is 0 Å². The van der Waals surface area contributed by atoms with Gasteiger partial charge in [0.2, 0.25) is 11.8 Å². The quantitative estimate of drug-likeness (QED) is 0.712. The molecule has 1 heterocycles. The van der Waals surface area contributed by atoms with Gasteiger partial charge in [-0.05, 0) is 25.5 Å². The van der Waals surface area contributed by atoms with Gasteiger partial charge in [0.05, 0.1) is 0 Å². The van der Waals surface area contributed by atoms with Crippen molar-refractivity contribution in [2.75, 3.05) is 5.32 Å². The highest BCUT2D eigenvalue weighted by atomic mass is 16.3. The molecule has 1 atom stereocenters. The molecule has 0 aliphatic carbocycles. The summed E-state index contributed by atoms with van der Waals surface area (Å²) in [4.78, 5) is 22.8. The van der Waals surface area contributed by atoms with E-state index in [9.17, 15) is 14.7 Å². The van der Waals surface area contributed by atoms with Crippen LogP contribution in [0.1, 0.15) is 18.4 Å². The number of carbonyl (C=O) groups is 2. The Morgan fingerprint density at radius 2 is 2.29 bits per heavy atom. The molecule has 0 aromatic heterocycles. The van der Waals surface area contributed by atoms with Crippen LogP contribution < -0.4 is 10.6 Å². The predicted octanol–water partition coefficient (Wildman–Crippen LogP) is 0.918. The molecule has 1 aromatic carbocycles. The lowest BCUT2D eigenvalue weighted by Crippen LogP contribution is -2.37. The highest BCUT2D eigenvalue weighted by Crippen LogP contribution is 2.24. The second-order valence-corrected chi connectivity index (χ2v) is 4.10. The molecule has 1 aliphatic heterocycles. The van der Waals surface area contributed by atoms with Crippen molar-refractivity contribution in [2.45, 2.75) is 25.8 Å². The Morgan fingerprint density at radius 1 is 1.53 bits per heavy atom. The summed E-state index contributed by atoms with van der Waals surface area (Å²) >= 11 is 0. The van der Waals surface area contributed by atoms with Gasteiger partial charge in [0.25, 0.3) is 0 Å². The van der Waals surface area contributed by atoms with E-state index in [2.05, 4.69) is 10.6 Å². The second-order valence-electron chi connectivity index (χ2n) is 4.10. The molecule has 5 nitrogen and oxygen atoms in total. The van der Waals surface area contributed by atoms with Gasteiger partial charge in [0, 0.05) is 17.7 Å². The zero-order valence-electron chi connectivity index (χ0n) is 9.49. The molecule has 5 heteroatoms. The number of aromatic hydroxyl groups is 1.